The fraction of sp³-hybridized carbons (Fsp3) is 0.143. The van der Waals surface area contributed by atoms with E-state index in [2.05, 4.69) is 10.1 Å². The zero-order chi connectivity index (χ0) is 14.5. The van der Waals surface area contributed by atoms with E-state index in [1.165, 1.54) is 12.1 Å². The first-order valence-electron chi connectivity index (χ1n) is 6.13. The van der Waals surface area contributed by atoms with Crippen molar-refractivity contribution in [1.29, 1.82) is 0 Å². The van der Waals surface area contributed by atoms with Gasteiger partial charge in [-0.05, 0) is 43.3 Å². The predicted molar refractivity (Wildman–Crippen MR) is 75.8 cm³/mol. The van der Waals surface area contributed by atoms with Crippen molar-refractivity contribution in [3.05, 3.63) is 54.0 Å². The van der Waals surface area contributed by atoms with E-state index in [1.807, 2.05) is 11.8 Å². The van der Waals surface area contributed by atoms with Crippen LogP contribution < -0.4 is 10.6 Å². The zero-order valence-corrected chi connectivity index (χ0v) is 11.0. The first-order chi connectivity index (χ1) is 9.65. The van der Waals surface area contributed by atoms with Gasteiger partial charge < -0.3 is 15.8 Å². The van der Waals surface area contributed by atoms with Gasteiger partial charge in [-0.2, -0.15) is 0 Å². The van der Waals surface area contributed by atoms with Crippen LogP contribution in [0.1, 0.15) is 12.6 Å². The van der Waals surface area contributed by atoms with Crippen LogP contribution in [-0.4, -0.2) is 22.6 Å². The Labute approximate surface area is 116 Å². The van der Waals surface area contributed by atoms with E-state index in [0.717, 1.165) is 5.69 Å². The third-order valence-electron chi connectivity index (χ3n) is 2.84. The van der Waals surface area contributed by atoms with Crippen molar-refractivity contribution in [1.82, 2.24) is 4.98 Å². The SMILES string of the molecule is CCN(c1ccc(F)cc1)c1cccc(C(N)=NO)n1. The lowest BCUT2D eigenvalue weighted by molar-refractivity contribution is 0.318. The minimum atomic E-state index is -0.289. The maximum absolute atomic E-state index is 13.0. The molecule has 5 nitrogen and oxygen atoms in total. The van der Waals surface area contributed by atoms with Crippen LogP contribution in [0.5, 0.6) is 0 Å². The molecule has 0 aliphatic carbocycles. The van der Waals surface area contributed by atoms with Crippen molar-refractivity contribution < 1.29 is 9.60 Å². The molecule has 0 saturated heterocycles. The molecule has 104 valence electrons. The van der Waals surface area contributed by atoms with Crippen molar-refractivity contribution in [2.24, 2.45) is 10.9 Å². The number of anilines is 2. The van der Waals surface area contributed by atoms with Gasteiger partial charge in [-0.15, -0.1) is 0 Å². The third-order valence-corrected chi connectivity index (χ3v) is 2.84. The van der Waals surface area contributed by atoms with Crippen molar-refractivity contribution in [2.75, 3.05) is 11.4 Å². The molecule has 20 heavy (non-hydrogen) atoms. The topological polar surface area (TPSA) is 74.7 Å². The van der Waals surface area contributed by atoms with Gasteiger partial charge >= 0.3 is 0 Å². The monoisotopic (exact) mass is 274 g/mol. The van der Waals surface area contributed by atoms with Crippen LogP contribution in [0, 0.1) is 5.82 Å². The molecule has 0 atom stereocenters. The molecule has 0 spiro atoms. The van der Waals surface area contributed by atoms with E-state index < -0.39 is 0 Å². The maximum atomic E-state index is 13.0. The van der Waals surface area contributed by atoms with Gasteiger partial charge in [0.05, 0.1) is 0 Å². The first kappa shape index (κ1) is 13.8. The first-order valence-corrected chi connectivity index (χ1v) is 6.13. The molecule has 0 unspecified atom stereocenters. The van der Waals surface area contributed by atoms with Gasteiger partial charge in [-0.25, -0.2) is 9.37 Å². The minimum Gasteiger partial charge on any atom is -0.409 e. The number of pyridine rings is 1. The molecule has 2 aromatic rings. The van der Waals surface area contributed by atoms with Gasteiger partial charge in [0.15, 0.2) is 5.84 Å². The molecule has 0 amide bonds. The Hall–Kier alpha value is -2.63. The van der Waals surface area contributed by atoms with Crippen LogP contribution in [0.4, 0.5) is 15.9 Å². The Balaban J connectivity index is 2.39. The maximum Gasteiger partial charge on any atom is 0.188 e. The number of rotatable bonds is 4. The highest BCUT2D eigenvalue weighted by Gasteiger charge is 2.10. The highest BCUT2D eigenvalue weighted by molar-refractivity contribution is 5.95. The predicted octanol–water partition coefficient (Wildman–Crippen LogP) is 2.47. The van der Waals surface area contributed by atoms with Crippen LogP contribution in [0.15, 0.2) is 47.6 Å². The molecule has 0 bridgehead atoms. The van der Waals surface area contributed by atoms with Crippen molar-refractivity contribution in [2.45, 2.75) is 6.92 Å². The van der Waals surface area contributed by atoms with Gasteiger partial charge in [-0.1, -0.05) is 11.2 Å². The van der Waals surface area contributed by atoms with E-state index in [-0.39, 0.29) is 11.7 Å². The number of hydrogen-bond acceptors (Lipinski definition) is 4. The lowest BCUT2D eigenvalue weighted by Crippen LogP contribution is -2.20. The molecule has 0 radical (unpaired) electrons. The number of benzene rings is 1. The second-order valence-electron chi connectivity index (χ2n) is 4.09. The number of nitrogens with two attached hydrogens (primary N) is 1. The molecular formula is C14H15FN4O. The standard InChI is InChI=1S/C14H15FN4O/c1-2-19(11-8-6-10(15)7-9-11)13-5-3-4-12(17-13)14(16)18-20/h3-9,20H,2H2,1H3,(H2,16,18). The highest BCUT2D eigenvalue weighted by atomic mass is 19.1. The molecule has 0 fully saturated rings. The summed E-state index contributed by atoms with van der Waals surface area (Å²) < 4.78 is 13.0. The Morgan fingerprint density at radius 3 is 2.60 bits per heavy atom. The Kier molecular flexibility index (Phi) is 4.14. The number of aromatic nitrogens is 1. The molecule has 1 aromatic carbocycles. The number of hydrogen-bond donors (Lipinski definition) is 2. The Morgan fingerprint density at radius 1 is 1.30 bits per heavy atom. The van der Waals surface area contributed by atoms with Crippen LogP contribution in [0.2, 0.25) is 0 Å². The normalized spacial score (nSPS) is 11.4. The second kappa shape index (κ2) is 6.01. The molecular weight excluding hydrogens is 259 g/mol. The summed E-state index contributed by atoms with van der Waals surface area (Å²) in [5, 5.41) is 11.6. The third kappa shape index (κ3) is 2.85. The summed E-state index contributed by atoms with van der Waals surface area (Å²) >= 11 is 0. The zero-order valence-electron chi connectivity index (χ0n) is 11.0. The summed E-state index contributed by atoms with van der Waals surface area (Å²) in [6, 6.07) is 11.4. The Bertz CT molecular complexity index is 613. The van der Waals surface area contributed by atoms with Crippen LogP contribution >= 0.6 is 0 Å². The number of halogens is 1. The van der Waals surface area contributed by atoms with Gasteiger partial charge in [0.2, 0.25) is 0 Å². The van der Waals surface area contributed by atoms with Crippen molar-refractivity contribution >= 4 is 17.3 Å². The molecule has 3 N–H and O–H groups in total. The lowest BCUT2D eigenvalue weighted by Gasteiger charge is -2.22. The van der Waals surface area contributed by atoms with E-state index >= 15 is 0 Å². The molecule has 0 saturated carbocycles. The van der Waals surface area contributed by atoms with Crippen LogP contribution in [0.3, 0.4) is 0 Å². The number of nitrogens with zero attached hydrogens (tertiary/aromatic N) is 3. The minimum absolute atomic E-state index is 0.0537. The summed E-state index contributed by atoms with van der Waals surface area (Å²) in [5.74, 6) is 0.299. The van der Waals surface area contributed by atoms with E-state index in [1.54, 1.807) is 30.3 Å². The van der Waals surface area contributed by atoms with Gasteiger partial charge in [0.25, 0.3) is 0 Å². The molecule has 2 rings (SSSR count). The summed E-state index contributed by atoms with van der Waals surface area (Å²) in [5.41, 5.74) is 6.73. The van der Waals surface area contributed by atoms with E-state index in [9.17, 15) is 4.39 Å². The largest absolute Gasteiger partial charge is 0.409 e. The quantitative estimate of drug-likeness (QED) is 0.389. The second-order valence-corrected chi connectivity index (χ2v) is 4.09. The van der Waals surface area contributed by atoms with Gasteiger partial charge in [0.1, 0.15) is 17.3 Å². The Morgan fingerprint density at radius 2 is 2.00 bits per heavy atom. The molecule has 0 aliphatic rings. The average Bonchev–Trinajstić information content (AvgIpc) is 2.49. The summed E-state index contributed by atoms with van der Waals surface area (Å²) in [7, 11) is 0. The molecule has 0 aliphatic heterocycles. The lowest BCUT2D eigenvalue weighted by atomic mass is 10.2. The van der Waals surface area contributed by atoms with Crippen molar-refractivity contribution in [3.8, 4) is 0 Å². The summed E-state index contributed by atoms with van der Waals surface area (Å²) in [4.78, 5) is 6.23. The van der Waals surface area contributed by atoms with Gasteiger partial charge in [0, 0.05) is 12.2 Å². The fourth-order valence-corrected chi connectivity index (χ4v) is 1.87. The highest BCUT2D eigenvalue weighted by Crippen LogP contribution is 2.23. The van der Waals surface area contributed by atoms with E-state index in [4.69, 9.17) is 10.9 Å². The summed E-state index contributed by atoms with van der Waals surface area (Å²) in [6.07, 6.45) is 0. The fourth-order valence-electron chi connectivity index (χ4n) is 1.87. The number of amidine groups is 1. The molecule has 6 heteroatoms. The summed E-state index contributed by atoms with van der Waals surface area (Å²) in [6.45, 7) is 2.61. The smallest absolute Gasteiger partial charge is 0.188 e. The average molecular weight is 274 g/mol. The number of oxime groups is 1. The van der Waals surface area contributed by atoms with Gasteiger partial charge in [-0.3, -0.25) is 0 Å². The molecule has 1 aromatic heterocycles. The van der Waals surface area contributed by atoms with Crippen LogP contribution in [0.25, 0.3) is 0 Å². The van der Waals surface area contributed by atoms with E-state index in [0.29, 0.717) is 18.1 Å². The van der Waals surface area contributed by atoms with Crippen molar-refractivity contribution in [3.63, 3.8) is 0 Å². The van der Waals surface area contributed by atoms with Crippen LogP contribution in [-0.2, 0) is 0 Å². The molecule has 1 heterocycles.